The number of esters is 2. The monoisotopic (exact) mass is 642 g/mol. The molecule has 0 aromatic heterocycles. The van der Waals surface area contributed by atoms with Crippen LogP contribution in [0.25, 0.3) is 0 Å². The zero-order chi connectivity index (χ0) is 35.0. The third kappa shape index (κ3) is 15.5. The number of hydrogen-bond donors (Lipinski definition) is 3. The van der Waals surface area contributed by atoms with Crippen molar-refractivity contribution in [3.8, 4) is 11.5 Å². The largest absolute Gasteiger partial charge is 0.481 e. The summed E-state index contributed by atoms with van der Waals surface area (Å²) in [5.74, 6) is -3.13. The van der Waals surface area contributed by atoms with Gasteiger partial charge in [-0.25, -0.2) is 0 Å². The van der Waals surface area contributed by atoms with Crippen LogP contribution in [0.15, 0.2) is 34.9 Å². The molecule has 3 N–H and O–H groups in total. The van der Waals surface area contributed by atoms with Crippen molar-refractivity contribution >= 4 is 23.9 Å². The van der Waals surface area contributed by atoms with E-state index in [2.05, 4.69) is 45.9 Å². The quantitative estimate of drug-likeness (QED) is 0.0730. The van der Waals surface area contributed by atoms with E-state index in [0.717, 1.165) is 25.7 Å². The van der Waals surface area contributed by atoms with E-state index in [1.54, 1.807) is 27.7 Å². The van der Waals surface area contributed by atoms with Crippen LogP contribution in [-0.4, -0.2) is 44.8 Å². The topological polar surface area (TPSA) is 147 Å². The highest BCUT2D eigenvalue weighted by atomic mass is 16.5. The summed E-state index contributed by atoms with van der Waals surface area (Å²) in [5.41, 5.74) is 5.10. The Morgan fingerprint density at radius 3 is 1.59 bits per heavy atom. The van der Waals surface area contributed by atoms with Crippen LogP contribution in [0.1, 0.15) is 128 Å². The number of carbonyl (C=O) groups is 4. The number of aliphatic hydroxyl groups is 1. The maximum atomic E-state index is 12.6. The van der Waals surface area contributed by atoms with Gasteiger partial charge in [0, 0.05) is 5.56 Å². The summed E-state index contributed by atoms with van der Waals surface area (Å²) in [5, 5.41) is 29.2. The lowest BCUT2D eigenvalue weighted by Gasteiger charge is -2.26. The van der Waals surface area contributed by atoms with E-state index >= 15 is 0 Å². The number of carbonyl (C=O) groups excluding carboxylic acids is 2. The van der Waals surface area contributed by atoms with Crippen molar-refractivity contribution in [2.75, 3.05) is 0 Å². The highest BCUT2D eigenvalue weighted by molar-refractivity contribution is 5.81. The maximum Gasteiger partial charge on any atom is 0.311 e. The van der Waals surface area contributed by atoms with E-state index in [-0.39, 0.29) is 37.2 Å². The number of carboxylic acid groups (broad SMARTS) is 2. The molecule has 0 aliphatic rings. The molecular formula is C37H54O9. The van der Waals surface area contributed by atoms with Crippen LogP contribution in [0.3, 0.4) is 0 Å². The molecule has 0 heterocycles. The number of carboxylic acids is 2. The lowest BCUT2D eigenvalue weighted by Crippen LogP contribution is -2.25. The molecule has 1 aromatic carbocycles. The van der Waals surface area contributed by atoms with E-state index in [1.807, 2.05) is 0 Å². The Morgan fingerprint density at radius 1 is 0.630 bits per heavy atom. The van der Waals surface area contributed by atoms with Gasteiger partial charge in [0.05, 0.1) is 31.3 Å². The van der Waals surface area contributed by atoms with Crippen LogP contribution in [0, 0.1) is 20.8 Å². The Hall–Kier alpha value is -3.72. The zero-order valence-corrected chi connectivity index (χ0v) is 29.0. The van der Waals surface area contributed by atoms with Crippen LogP contribution in [-0.2, 0) is 25.6 Å². The van der Waals surface area contributed by atoms with Crippen molar-refractivity contribution in [2.24, 2.45) is 0 Å². The summed E-state index contributed by atoms with van der Waals surface area (Å²) in [6, 6.07) is 0. The summed E-state index contributed by atoms with van der Waals surface area (Å²) in [6.07, 6.45) is 11.2. The highest BCUT2D eigenvalue weighted by Crippen LogP contribution is 2.40. The van der Waals surface area contributed by atoms with Crippen LogP contribution in [0.5, 0.6) is 11.5 Å². The molecule has 46 heavy (non-hydrogen) atoms. The van der Waals surface area contributed by atoms with Gasteiger partial charge in [-0.05, 0) is 123 Å². The van der Waals surface area contributed by atoms with Crippen LogP contribution in [0.4, 0.5) is 0 Å². The molecule has 0 saturated heterocycles. The summed E-state index contributed by atoms with van der Waals surface area (Å²) in [6.45, 7) is 15.4. The predicted octanol–water partition coefficient (Wildman–Crippen LogP) is 8.04. The standard InChI is InChI=1S/C37H54O9/c1-24(2)12-9-13-25(3)14-10-15-26(4)16-11-22-37(8,44)23-21-30-29(7)35(45-33(42)19-17-31(38)39)27(5)28(6)36(30)46-34(43)20-18-32(40)41/h12,14,16,44H,9-11,13,15,17-23H2,1-8H3,(H,38,39)(H,40,41)/b25-14+,26-16+. The van der Waals surface area contributed by atoms with Gasteiger partial charge in [0.25, 0.3) is 0 Å². The van der Waals surface area contributed by atoms with E-state index in [4.69, 9.17) is 19.7 Å². The number of hydrogen-bond acceptors (Lipinski definition) is 7. The van der Waals surface area contributed by atoms with Gasteiger partial charge in [0.2, 0.25) is 0 Å². The third-order valence-corrected chi connectivity index (χ3v) is 8.04. The first-order valence-corrected chi connectivity index (χ1v) is 16.1. The fourth-order valence-electron chi connectivity index (χ4n) is 4.98. The van der Waals surface area contributed by atoms with E-state index in [1.165, 1.54) is 16.7 Å². The fraction of sp³-hybridized carbons (Fsp3) is 0.568. The molecule has 1 aromatic rings. The Balaban J connectivity index is 3.07. The van der Waals surface area contributed by atoms with Crippen LogP contribution in [0.2, 0.25) is 0 Å². The molecule has 0 aliphatic heterocycles. The maximum absolute atomic E-state index is 12.6. The molecule has 0 radical (unpaired) electrons. The van der Waals surface area contributed by atoms with Gasteiger partial charge < -0.3 is 24.8 Å². The van der Waals surface area contributed by atoms with Gasteiger partial charge >= 0.3 is 23.9 Å². The number of benzene rings is 1. The number of allylic oxidation sites excluding steroid dienone is 6. The van der Waals surface area contributed by atoms with Gasteiger partial charge in [-0.2, -0.15) is 0 Å². The SMILES string of the molecule is CC(C)=CCC/C(C)=C/CC/C(C)=C/CCC(C)(O)CCc1c(C)c(OC(=O)CCC(=O)O)c(C)c(C)c1OC(=O)CCC(=O)O. The first kappa shape index (κ1) is 40.3. The zero-order valence-electron chi connectivity index (χ0n) is 29.0. The molecule has 9 heteroatoms. The minimum absolute atomic E-state index is 0.256. The van der Waals surface area contributed by atoms with Gasteiger partial charge in [-0.1, -0.05) is 34.9 Å². The molecule has 0 spiro atoms. The minimum Gasteiger partial charge on any atom is -0.481 e. The summed E-state index contributed by atoms with van der Waals surface area (Å²) >= 11 is 0. The summed E-state index contributed by atoms with van der Waals surface area (Å²) in [4.78, 5) is 46.9. The second-order valence-electron chi connectivity index (χ2n) is 12.7. The molecule has 1 unspecified atom stereocenters. The molecule has 0 saturated carbocycles. The molecule has 0 fully saturated rings. The smallest absolute Gasteiger partial charge is 0.311 e. The second kappa shape index (κ2) is 19.7. The summed E-state index contributed by atoms with van der Waals surface area (Å²) < 4.78 is 11.3. The Kier molecular flexibility index (Phi) is 17.3. The minimum atomic E-state index is -1.12. The van der Waals surface area contributed by atoms with Gasteiger partial charge in [0.1, 0.15) is 11.5 Å². The van der Waals surface area contributed by atoms with Crippen molar-refractivity contribution in [3.05, 3.63) is 57.2 Å². The molecular weight excluding hydrogens is 588 g/mol. The van der Waals surface area contributed by atoms with Gasteiger partial charge in [-0.3, -0.25) is 19.2 Å². The number of ether oxygens (including phenoxy) is 2. The van der Waals surface area contributed by atoms with E-state index < -0.39 is 29.5 Å². The second-order valence-corrected chi connectivity index (χ2v) is 12.7. The molecule has 1 rings (SSSR count). The van der Waals surface area contributed by atoms with Crippen molar-refractivity contribution in [3.63, 3.8) is 0 Å². The van der Waals surface area contributed by atoms with Crippen LogP contribution < -0.4 is 9.47 Å². The van der Waals surface area contributed by atoms with Crippen molar-refractivity contribution in [2.45, 2.75) is 138 Å². The third-order valence-electron chi connectivity index (χ3n) is 8.04. The molecule has 0 bridgehead atoms. The molecule has 1 atom stereocenters. The lowest BCUT2D eigenvalue weighted by molar-refractivity contribution is -0.142. The molecule has 256 valence electrons. The Bertz CT molecular complexity index is 1320. The van der Waals surface area contributed by atoms with Crippen molar-refractivity contribution in [1.29, 1.82) is 0 Å². The van der Waals surface area contributed by atoms with E-state index in [0.29, 0.717) is 47.9 Å². The van der Waals surface area contributed by atoms with Crippen molar-refractivity contribution < 1.29 is 44.0 Å². The van der Waals surface area contributed by atoms with Crippen LogP contribution >= 0.6 is 0 Å². The molecule has 0 aliphatic carbocycles. The van der Waals surface area contributed by atoms with Gasteiger partial charge in [-0.15, -0.1) is 0 Å². The first-order chi connectivity index (χ1) is 21.4. The molecule has 0 amide bonds. The predicted molar refractivity (Wildman–Crippen MR) is 179 cm³/mol. The average molecular weight is 643 g/mol. The molecule has 9 nitrogen and oxygen atoms in total. The highest BCUT2D eigenvalue weighted by Gasteiger charge is 2.26. The Morgan fingerprint density at radius 2 is 1.09 bits per heavy atom. The Labute approximate surface area is 274 Å². The normalized spacial score (nSPS) is 13.2. The summed E-state index contributed by atoms with van der Waals surface area (Å²) in [7, 11) is 0. The number of aliphatic carboxylic acids is 2. The first-order valence-electron chi connectivity index (χ1n) is 16.1. The fourth-order valence-corrected chi connectivity index (χ4v) is 4.98. The lowest BCUT2D eigenvalue weighted by atomic mass is 9.88. The number of rotatable bonds is 20. The van der Waals surface area contributed by atoms with E-state index in [9.17, 15) is 24.3 Å². The van der Waals surface area contributed by atoms with Crippen molar-refractivity contribution in [1.82, 2.24) is 0 Å². The average Bonchev–Trinajstić information content (AvgIpc) is 2.95. The van der Waals surface area contributed by atoms with Gasteiger partial charge in [0.15, 0.2) is 0 Å².